The highest BCUT2D eigenvalue weighted by Crippen LogP contribution is 2.08. The number of Topliss-reactive ketones (excluding diaryl/α,β-unsaturated/α-hetero) is 1. The second kappa shape index (κ2) is 10.3. The smallest absolute Gasteiger partial charge is 0.376 e. The second-order valence-corrected chi connectivity index (χ2v) is 5.44. The number of hydrogen-bond donors (Lipinski definition) is 3. The Balaban J connectivity index is 4.61. The second-order valence-electron chi connectivity index (χ2n) is 5.44. The number of unbranched alkanes of at least 4 members (excludes halogenated alkanes) is 1. The maximum Gasteiger partial charge on any atom is 0.376 e. The molecule has 0 rings (SSSR count). The van der Waals surface area contributed by atoms with Crippen LogP contribution in [0.2, 0.25) is 0 Å². The third-order valence-electron chi connectivity index (χ3n) is 3.03. The Morgan fingerprint density at radius 1 is 1.19 bits per heavy atom. The molecule has 7 heteroatoms. The number of ether oxygens (including phenoxy) is 1. The predicted octanol–water partition coefficient (Wildman–Crippen LogP) is -0.284. The zero-order valence-corrected chi connectivity index (χ0v) is 13.1. The first-order valence-electron chi connectivity index (χ1n) is 7.21. The zero-order chi connectivity index (χ0) is 16.4. The fourth-order valence-electron chi connectivity index (χ4n) is 1.86. The van der Waals surface area contributed by atoms with E-state index in [-0.39, 0.29) is 5.92 Å². The van der Waals surface area contributed by atoms with Gasteiger partial charge in [0, 0.05) is 0 Å². The lowest BCUT2D eigenvalue weighted by Crippen LogP contribution is -2.50. The average Bonchev–Trinajstić information content (AvgIpc) is 2.44. The highest BCUT2D eigenvalue weighted by Gasteiger charge is 2.29. The first-order chi connectivity index (χ1) is 9.83. The number of rotatable bonds is 10. The molecule has 7 nitrogen and oxygen atoms in total. The number of ketones is 1. The van der Waals surface area contributed by atoms with Crippen LogP contribution in [0, 0.1) is 5.92 Å². The Morgan fingerprint density at radius 2 is 1.81 bits per heavy atom. The van der Waals surface area contributed by atoms with E-state index >= 15 is 0 Å². The fourth-order valence-corrected chi connectivity index (χ4v) is 1.86. The number of esters is 1. The highest BCUT2D eigenvalue weighted by atomic mass is 16.5. The summed E-state index contributed by atoms with van der Waals surface area (Å²) in [6.07, 6.45) is 2.38. The summed E-state index contributed by atoms with van der Waals surface area (Å²) in [4.78, 5) is 35.2. The van der Waals surface area contributed by atoms with E-state index in [0.29, 0.717) is 19.4 Å². The van der Waals surface area contributed by atoms with Gasteiger partial charge in [-0.3, -0.25) is 9.59 Å². The molecule has 0 aliphatic heterocycles. The Bertz CT molecular complexity index is 358. The van der Waals surface area contributed by atoms with Crippen molar-refractivity contribution in [3.05, 3.63) is 0 Å². The summed E-state index contributed by atoms with van der Waals surface area (Å²) >= 11 is 0. The van der Waals surface area contributed by atoms with E-state index in [1.807, 2.05) is 13.8 Å². The molecule has 21 heavy (non-hydrogen) atoms. The number of carbonyl (C=O) groups is 3. The van der Waals surface area contributed by atoms with Crippen molar-refractivity contribution in [2.24, 2.45) is 17.4 Å². The van der Waals surface area contributed by atoms with Gasteiger partial charge in [0.1, 0.15) is 0 Å². The number of hydrogen-bond acceptors (Lipinski definition) is 6. The first-order valence-corrected chi connectivity index (χ1v) is 7.21. The standard InChI is InChI=1S/C14H27N3O4/c1-9(2)8-11(12(18)14(20)21-3)17-13(19)10(16)6-4-5-7-15/h9-11H,4-8,15-16H2,1-3H3,(H,17,19)/t10-,11-/m0/s1. The Labute approximate surface area is 125 Å². The van der Waals surface area contributed by atoms with E-state index in [1.165, 1.54) is 0 Å². The molecule has 0 heterocycles. The number of amides is 1. The first kappa shape index (κ1) is 19.5. The van der Waals surface area contributed by atoms with Crippen molar-refractivity contribution in [1.82, 2.24) is 5.32 Å². The third-order valence-corrected chi connectivity index (χ3v) is 3.03. The van der Waals surface area contributed by atoms with Gasteiger partial charge in [-0.2, -0.15) is 0 Å². The summed E-state index contributed by atoms with van der Waals surface area (Å²) in [6, 6.07) is -1.61. The van der Waals surface area contributed by atoms with Crippen LogP contribution in [0.5, 0.6) is 0 Å². The molecular formula is C14H27N3O4. The minimum Gasteiger partial charge on any atom is -0.463 e. The Hall–Kier alpha value is -1.47. The lowest BCUT2D eigenvalue weighted by molar-refractivity contribution is -0.153. The maximum absolute atomic E-state index is 12.0. The van der Waals surface area contributed by atoms with Gasteiger partial charge in [-0.15, -0.1) is 0 Å². The van der Waals surface area contributed by atoms with Crippen molar-refractivity contribution in [2.75, 3.05) is 13.7 Å². The minimum absolute atomic E-state index is 0.136. The zero-order valence-electron chi connectivity index (χ0n) is 13.1. The SMILES string of the molecule is COC(=O)C(=O)[C@H](CC(C)C)NC(=O)[C@@H](N)CCCCN. The molecule has 0 aromatic heterocycles. The molecule has 0 radical (unpaired) electrons. The summed E-state index contributed by atoms with van der Waals surface area (Å²) in [7, 11) is 1.13. The summed E-state index contributed by atoms with van der Waals surface area (Å²) in [5, 5.41) is 2.54. The van der Waals surface area contributed by atoms with Gasteiger partial charge in [0.15, 0.2) is 0 Å². The minimum atomic E-state index is -0.961. The molecular weight excluding hydrogens is 274 g/mol. The van der Waals surface area contributed by atoms with Gasteiger partial charge in [-0.05, 0) is 31.7 Å². The number of nitrogens with two attached hydrogens (primary N) is 2. The van der Waals surface area contributed by atoms with Gasteiger partial charge in [0.2, 0.25) is 5.91 Å². The van der Waals surface area contributed by atoms with E-state index in [4.69, 9.17) is 11.5 Å². The van der Waals surface area contributed by atoms with Crippen LogP contribution < -0.4 is 16.8 Å². The topological polar surface area (TPSA) is 125 Å². The van der Waals surface area contributed by atoms with Crippen LogP contribution in [0.15, 0.2) is 0 Å². The van der Waals surface area contributed by atoms with Crippen LogP contribution in [0.1, 0.15) is 39.5 Å². The van der Waals surface area contributed by atoms with E-state index < -0.39 is 29.7 Å². The van der Waals surface area contributed by atoms with Crippen LogP contribution in [-0.2, 0) is 19.1 Å². The molecule has 0 spiro atoms. The molecule has 0 saturated carbocycles. The van der Waals surface area contributed by atoms with Crippen molar-refractivity contribution >= 4 is 17.7 Å². The monoisotopic (exact) mass is 301 g/mol. The van der Waals surface area contributed by atoms with Gasteiger partial charge < -0.3 is 21.5 Å². The molecule has 0 aromatic rings. The summed E-state index contributed by atoms with van der Waals surface area (Å²) in [6.45, 7) is 4.33. The summed E-state index contributed by atoms with van der Waals surface area (Å²) in [5.74, 6) is -2.02. The number of methoxy groups -OCH3 is 1. The molecule has 2 atom stereocenters. The van der Waals surface area contributed by atoms with E-state index in [9.17, 15) is 14.4 Å². The molecule has 0 fully saturated rings. The van der Waals surface area contributed by atoms with Crippen LogP contribution >= 0.6 is 0 Å². The summed E-state index contributed by atoms with van der Waals surface area (Å²) in [5.41, 5.74) is 11.1. The Morgan fingerprint density at radius 3 is 2.29 bits per heavy atom. The highest BCUT2D eigenvalue weighted by molar-refractivity contribution is 6.36. The molecule has 0 saturated heterocycles. The van der Waals surface area contributed by atoms with Crippen LogP contribution in [0.25, 0.3) is 0 Å². The van der Waals surface area contributed by atoms with Gasteiger partial charge in [0.05, 0.1) is 19.2 Å². The Kier molecular flexibility index (Phi) is 9.56. The lowest BCUT2D eigenvalue weighted by atomic mass is 9.99. The van der Waals surface area contributed by atoms with Gasteiger partial charge >= 0.3 is 5.97 Å². The lowest BCUT2D eigenvalue weighted by Gasteiger charge is -2.20. The average molecular weight is 301 g/mol. The van der Waals surface area contributed by atoms with E-state index in [0.717, 1.165) is 20.0 Å². The molecule has 0 aromatic carbocycles. The fraction of sp³-hybridized carbons (Fsp3) is 0.786. The van der Waals surface area contributed by atoms with E-state index in [1.54, 1.807) is 0 Å². The molecule has 1 amide bonds. The largest absolute Gasteiger partial charge is 0.463 e. The molecule has 0 bridgehead atoms. The van der Waals surface area contributed by atoms with Gasteiger partial charge in [-0.1, -0.05) is 20.3 Å². The molecule has 0 aliphatic rings. The molecule has 5 N–H and O–H groups in total. The summed E-state index contributed by atoms with van der Waals surface area (Å²) < 4.78 is 4.41. The van der Waals surface area contributed by atoms with Gasteiger partial charge in [0.25, 0.3) is 5.78 Å². The van der Waals surface area contributed by atoms with Crippen molar-refractivity contribution in [3.63, 3.8) is 0 Å². The quantitative estimate of drug-likeness (QED) is 0.289. The molecule has 0 unspecified atom stereocenters. The van der Waals surface area contributed by atoms with Crippen molar-refractivity contribution < 1.29 is 19.1 Å². The van der Waals surface area contributed by atoms with Crippen molar-refractivity contribution in [1.29, 1.82) is 0 Å². The van der Waals surface area contributed by atoms with E-state index in [2.05, 4.69) is 10.1 Å². The van der Waals surface area contributed by atoms with Crippen molar-refractivity contribution in [3.8, 4) is 0 Å². The normalized spacial score (nSPS) is 13.6. The van der Waals surface area contributed by atoms with Crippen LogP contribution in [-0.4, -0.2) is 43.4 Å². The molecule has 0 aliphatic carbocycles. The van der Waals surface area contributed by atoms with Crippen molar-refractivity contribution in [2.45, 2.75) is 51.6 Å². The van der Waals surface area contributed by atoms with Crippen LogP contribution in [0.4, 0.5) is 0 Å². The third kappa shape index (κ3) is 7.77. The predicted molar refractivity (Wildman–Crippen MR) is 79.3 cm³/mol. The van der Waals surface area contributed by atoms with Gasteiger partial charge in [-0.25, -0.2) is 4.79 Å². The maximum atomic E-state index is 12.0. The number of nitrogens with one attached hydrogen (secondary N) is 1. The molecule has 122 valence electrons. The van der Waals surface area contributed by atoms with Crippen LogP contribution in [0.3, 0.4) is 0 Å². The number of carbonyl (C=O) groups excluding carboxylic acids is 3.